The SMILES string of the molecule is CCOC(=O)c1nn(CCNC(=O)OC(C)(C)C)c(C(=O)OCC)c1I. The van der Waals surface area contributed by atoms with Gasteiger partial charge in [0, 0.05) is 6.54 Å². The van der Waals surface area contributed by atoms with Crippen LogP contribution in [0.15, 0.2) is 0 Å². The molecular weight excluding hydrogens is 457 g/mol. The Bertz CT molecular complexity index is 666. The van der Waals surface area contributed by atoms with Crippen LogP contribution in [-0.2, 0) is 20.8 Å². The molecule has 1 heterocycles. The van der Waals surface area contributed by atoms with E-state index in [1.165, 1.54) is 4.68 Å². The van der Waals surface area contributed by atoms with Crippen LogP contribution in [0.2, 0.25) is 0 Å². The number of esters is 2. The van der Waals surface area contributed by atoms with Crippen LogP contribution in [0.5, 0.6) is 0 Å². The number of ether oxygens (including phenoxy) is 3. The van der Waals surface area contributed by atoms with Gasteiger partial charge in [-0.15, -0.1) is 0 Å². The number of aromatic nitrogens is 2. The normalized spacial score (nSPS) is 11.0. The monoisotopic (exact) mass is 481 g/mol. The van der Waals surface area contributed by atoms with Crippen LogP contribution < -0.4 is 5.32 Å². The Labute approximate surface area is 165 Å². The number of rotatable bonds is 7. The molecule has 0 aliphatic carbocycles. The van der Waals surface area contributed by atoms with E-state index in [9.17, 15) is 14.4 Å². The van der Waals surface area contributed by atoms with E-state index >= 15 is 0 Å². The van der Waals surface area contributed by atoms with Crippen LogP contribution in [0.1, 0.15) is 55.6 Å². The third-order valence-electron chi connectivity index (χ3n) is 2.82. The Morgan fingerprint density at radius 3 is 2.23 bits per heavy atom. The van der Waals surface area contributed by atoms with Gasteiger partial charge in [-0.05, 0) is 57.2 Å². The molecule has 9 nitrogen and oxygen atoms in total. The van der Waals surface area contributed by atoms with E-state index in [1.54, 1.807) is 34.6 Å². The van der Waals surface area contributed by atoms with Crippen molar-refractivity contribution in [1.29, 1.82) is 0 Å². The Balaban J connectivity index is 2.94. The summed E-state index contributed by atoms with van der Waals surface area (Å²) in [6.07, 6.45) is -0.581. The van der Waals surface area contributed by atoms with Crippen LogP contribution in [0.25, 0.3) is 0 Å². The third kappa shape index (κ3) is 6.46. The van der Waals surface area contributed by atoms with Crippen molar-refractivity contribution < 1.29 is 28.6 Å². The molecule has 0 radical (unpaired) electrons. The molecule has 10 heteroatoms. The van der Waals surface area contributed by atoms with E-state index in [1.807, 2.05) is 22.6 Å². The van der Waals surface area contributed by atoms with Gasteiger partial charge < -0.3 is 19.5 Å². The highest BCUT2D eigenvalue weighted by Crippen LogP contribution is 2.19. The average Bonchev–Trinajstić information content (AvgIpc) is 2.82. The van der Waals surface area contributed by atoms with Crippen molar-refractivity contribution in [3.8, 4) is 0 Å². The summed E-state index contributed by atoms with van der Waals surface area (Å²) in [5.74, 6) is -1.22. The number of hydrogen-bond donors (Lipinski definition) is 1. The first-order chi connectivity index (χ1) is 12.1. The lowest BCUT2D eigenvalue weighted by atomic mass is 10.2. The van der Waals surface area contributed by atoms with Gasteiger partial charge in [0.15, 0.2) is 11.4 Å². The third-order valence-corrected chi connectivity index (χ3v) is 3.85. The second kappa shape index (κ2) is 9.74. The minimum Gasteiger partial charge on any atom is -0.461 e. The van der Waals surface area contributed by atoms with E-state index in [0.717, 1.165) is 0 Å². The minimum atomic E-state index is -0.624. The molecule has 1 aromatic heterocycles. The predicted molar refractivity (Wildman–Crippen MR) is 101 cm³/mol. The highest BCUT2D eigenvalue weighted by atomic mass is 127. The molecule has 0 aliphatic heterocycles. The molecule has 1 rings (SSSR count). The lowest BCUT2D eigenvalue weighted by molar-refractivity contribution is 0.0501. The smallest absolute Gasteiger partial charge is 0.407 e. The maximum atomic E-state index is 12.2. The largest absolute Gasteiger partial charge is 0.461 e. The standard InChI is InChI=1S/C16H24IN3O6/c1-6-24-13(21)11-10(17)12(14(22)25-7-2)20(19-11)9-8-18-15(23)26-16(3,4)5/h6-9H2,1-5H3,(H,18,23). The van der Waals surface area contributed by atoms with Crippen molar-refractivity contribution in [3.05, 3.63) is 15.0 Å². The van der Waals surface area contributed by atoms with E-state index in [0.29, 0.717) is 3.57 Å². The van der Waals surface area contributed by atoms with Crippen LogP contribution >= 0.6 is 22.6 Å². The van der Waals surface area contributed by atoms with E-state index in [2.05, 4.69) is 10.4 Å². The van der Waals surface area contributed by atoms with Gasteiger partial charge in [-0.2, -0.15) is 5.10 Å². The fraction of sp³-hybridized carbons (Fsp3) is 0.625. The number of hydrogen-bond acceptors (Lipinski definition) is 7. The topological polar surface area (TPSA) is 109 Å². The first-order valence-electron chi connectivity index (χ1n) is 8.18. The van der Waals surface area contributed by atoms with E-state index in [-0.39, 0.29) is 37.7 Å². The van der Waals surface area contributed by atoms with Crippen molar-refractivity contribution in [2.24, 2.45) is 0 Å². The summed E-state index contributed by atoms with van der Waals surface area (Å²) >= 11 is 1.86. The summed E-state index contributed by atoms with van der Waals surface area (Å²) in [7, 11) is 0. The number of halogens is 1. The molecule has 0 saturated heterocycles. The van der Waals surface area contributed by atoms with Crippen molar-refractivity contribution in [2.45, 2.75) is 46.8 Å². The summed E-state index contributed by atoms with van der Waals surface area (Å²) in [6.45, 7) is 9.32. The molecule has 1 N–H and O–H groups in total. The number of carbonyl (C=O) groups excluding carboxylic acids is 3. The summed E-state index contributed by atoms with van der Waals surface area (Å²) < 4.78 is 16.8. The average molecular weight is 481 g/mol. The Kier molecular flexibility index (Phi) is 8.31. The van der Waals surface area contributed by atoms with Gasteiger partial charge in [0.05, 0.1) is 23.3 Å². The zero-order valence-electron chi connectivity index (χ0n) is 15.6. The van der Waals surface area contributed by atoms with Gasteiger partial charge in [-0.3, -0.25) is 4.68 Å². The first kappa shape index (κ1) is 22.2. The summed E-state index contributed by atoms with van der Waals surface area (Å²) in [5, 5.41) is 6.72. The molecule has 0 spiro atoms. The second-order valence-electron chi connectivity index (χ2n) is 6.10. The quantitative estimate of drug-likeness (QED) is 0.362. The van der Waals surface area contributed by atoms with Crippen LogP contribution in [0, 0.1) is 3.57 Å². The zero-order valence-corrected chi connectivity index (χ0v) is 17.7. The van der Waals surface area contributed by atoms with E-state index in [4.69, 9.17) is 14.2 Å². The van der Waals surface area contributed by atoms with Crippen LogP contribution in [0.3, 0.4) is 0 Å². The maximum absolute atomic E-state index is 12.2. The number of nitrogens with zero attached hydrogens (tertiary/aromatic N) is 2. The number of amides is 1. The van der Waals surface area contributed by atoms with Crippen molar-refractivity contribution >= 4 is 40.6 Å². The van der Waals surface area contributed by atoms with Crippen LogP contribution in [-0.4, -0.2) is 53.2 Å². The first-order valence-corrected chi connectivity index (χ1v) is 9.26. The molecule has 1 amide bonds. The maximum Gasteiger partial charge on any atom is 0.407 e. The molecule has 0 atom stereocenters. The molecule has 0 aliphatic rings. The Morgan fingerprint density at radius 2 is 1.69 bits per heavy atom. The van der Waals surface area contributed by atoms with Gasteiger partial charge in [0.1, 0.15) is 5.60 Å². The lowest BCUT2D eigenvalue weighted by Gasteiger charge is -2.19. The van der Waals surface area contributed by atoms with Crippen molar-refractivity contribution in [3.63, 3.8) is 0 Å². The zero-order chi connectivity index (χ0) is 19.9. The van der Waals surface area contributed by atoms with Gasteiger partial charge in [0.25, 0.3) is 0 Å². The minimum absolute atomic E-state index is 0.0350. The molecule has 0 saturated carbocycles. The predicted octanol–water partition coefficient (Wildman–Crippen LogP) is 2.37. The number of alkyl carbamates (subject to hydrolysis) is 1. The summed E-state index contributed by atoms with van der Waals surface area (Å²) in [6, 6.07) is 0. The van der Waals surface area contributed by atoms with Gasteiger partial charge in [-0.25, -0.2) is 14.4 Å². The van der Waals surface area contributed by atoms with Gasteiger partial charge >= 0.3 is 18.0 Å². The van der Waals surface area contributed by atoms with Crippen LogP contribution in [0.4, 0.5) is 4.79 Å². The number of carbonyl (C=O) groups is 3. The second-order valence-corrected chi connectivity index (χ2v) is 7.18. The van der Waals surface area contributed by atoms with Gasteiger partial charge in [0.2, 0.25) is 0 Å². The van der Waals surface area contributed by atoms with E-state index < -0.39 is 23.6 Å². The molecule has 0 unspecified atom stereocenters. The fourth-order valence-corrected chi connectivity index (χ4v) is 2.73. The molecule has 0 bridgehead atoms. The fourth-order valence-electron chi connectivity index (χ4n) is 1.90. The molecular formula is C16H24IN3O6. The molecule has 146 valence electrons. The van der Waals surface area contributed by atoms with Crippen molar-refractivity contribution in [2.75, 3.05) is 19.8 Å². The van der Waals surface area contributed by atoms with Crippen molar-refractivity contribution in [1.82, 2.24) is 15.1 Å². The number of nitrogens with one attached hydrogen (secondary N) is 1. The molecule has 0 aromatic carbocycles. The molecule has 0 fully saturated rings. The lowest BCUT2D eigenvalue weighted by Crippen LogP contribution is -2.34. The highest BCUT2D eigenvalue weighted by molar-refractivity contribution is 14.1. The van der Waals surface area contributed by atoms with Gasteiger partial charge in [-0.1, -0.05) is 0 Å². The Morgan fingerprint density at radius 1 is 1.12 bits per heavy atom. The molecule has 26 heavy (non-hydrogen) atoms. The highest BCUT2D eigenvalue weighted by Gasteiger charge is 2.27. The molecule has 1 aromatic rings. The Hall–Kier alpha value is -1.85. The summed E-state index contributed by atoms with van der Waals surface area (Å²) in [5.41, 5.74) is -0.438. The summed E-state index contributed by atoms with van der Waals surface area (Å²) in [4.78, 5) is 35.9.